The average molecular weight is 242 g/mol. The van der Waals surface area contributed by atoms with E-state index in [-0.39, 0.29) is 6.10 Å². The van der Waals surface area contributed by atoms with Crippen LogP contribution in [0.5, 0.6) is 5.75 Å². The second-order valence-electron chi connectivity index (χ2n) is 4.56. The van der Waals surface area contributed by atoms with E-state index in [0.717, 1.165) is 22.6 Å². The van der Waals surface area contributed by atoms with Gasteiger partial charge in [0.05, 0.1) is 6.10 Å². The molecule has 2 N–H and O–H groups in total. The van der Waals surface area contributed by atoms with Gasteiger partial charge in [0.1, 0.15) is 11.6 Å². The fourth-order valence-corrected chi connectivity index (χ4v) is 1.89. The number of hydrogen-bond acceptors (Lipinski definition) is 3. The van der Waals surface area contributed by atoms with Crippen LogP contribution in [0.1, 0.15) is 19.5 Å². The quantitative estimate of drug-likeness (QED) is 0.897. The Morgan fingerprint density at radius 3 is 2.61 bits per heavy atom. The number of benzene rings is 1. The Labute approximate surface area is 108 Å². The molecule has 3 nitrogen and oxygen atoms in total. The zero-order chi connectivity index (χ0) is 13.1. The second kappa shape index (κ2) is 5.08. The van der Waals surface area contributed by atoms with Crippen molar-refractivity contribution in [3.63, 3.8) is 0 Å². The molecule has 0 amide bonds. The van der Waals surface area contributed by atoms with E-state index in [1.807, 2.05) is 57.2 Å². The number of nitrogen functional groups attached to an aromatic ring is 1. The minimum absolute atomic E-state index is 0.172. The smallest absolute Gasteiger partial charge is 0.123 e. The van der Waals surface area contributed by atoms with E-state index in [9.17, 15) is 0 Å². The summed E-state index contributed by atoms with van der Waals surface area (Å²) in [5.74, 6) is 1.42. The first-order chi connectivity index (χ1) is 8.56. The van der Waals surface area contributed by atoms with Crippen molar-refractivity contribution in [3.8, 4) is 16.9 Å². The third-order valence-electron chi connectivity index (χ3n) is 2.62. The molecule has 1 aromatic carbocycles. The maximum absolute atomic E-state index is 5.69. The van der Waals surface area contributed by atoms with Gasteiger partial charge in [-0.1, -0.05) is 12.1 Å². The molecule has 0 unspecified atom stereocenters. The Kier molecular flexibility index (Phi) is 3.51. The predicted octanol–water partition coefficient (Wildman–Crippen LogP) is 3.43. The lowest BCUT2D eigenvalue weighted by molar-refractivity contribution is 0.242. The third kappa shape index (κ3) is 2.80. The highest BCUT2D eigenvalue weighted by Gasteiger charge is 2.05. The monoisotopic (exact) mass is 242 g/mol. The van der Waals surface area contributed by atoms with Crippen molar-refractivity contribution in [1.29, 1.82) is 0 Å². The van der Waals surface area contributed by atoms with E-state index in [1.165, 1.54) is 0 Å². The number of aryl methyl sites for hydroxylation is 1. The summed E-state index contributed by atoms with van der Waals surface area (Å²) in [6.45, 7) is 5.99. The van der Waals surface area contributed by atoms with E-state index in [4.69, 9.17) is 10.5 Å². The first-order valence-electron chi connectivity index (χ1n) is 6.06. The highest BCUT2D eigenvalue weighted by Crippen LogP contribution is 2.26. The number of nitrogens with two attached hydrogens (primary N) is 1. The van der Waals surface area contributed by atoms with E-state index in [2.05, 4.69) is 4.98 Å². The van der Waals surface area contributed by atoms with Gasteiger partial charge in [0.2, 0.25) is 0 Å². The molecule has 0 aliphatic rings. The minimum atomic E-state index is 0.172. The molecule has 1 aromatic heterocycles. The maximum atomic E-state index is 5.69. The highest BCUT2D eigenvalue weighted by atomic mass is 16.5. The summed E-state index contributed by atoms with van der Waals surface area (Å²) in [5.41, 5.74) is 8.77. The van der Waals surface area contributed by atoms with Crippen LogP contribution in [0.3, 0.4) is 0 Å². The van der Waals surface area contributed by atoms with Crippen LogP contribution in [0.2, 0.25) is 0 Å². The third-order valence-corrected chi connectivity index (χ3v) is 2.62. The van der Waals surface area contributed by atoms with Crippen LogP contribution in [0.25, 0.3) is 11.1 Å². The van der Waals surface area contributed by atoms with Gasteiger partial charge >= 0.3 is 0 Å². The average Bonchev–Trinajstić information content (AvgIpc) is 2.28. The summed E-state index contributed by atoms with van der Waals surface area (Å²) in [6, 6.07) is 11.8. The van der Waals surface area contributed by atoms with Crippen molar-refractivity contribution in [2.45, 2.75) is 26.9 Å². The van der Waals surface area contributed by atoms with Gasteiger partial charge in [0.25, 0.3) is 0 Å². The van der Waals surface area contributed by atoms with Gasteiger partial charge in [-0.15, -0.1) is 0 Å². The highest BCUT2D eigenvalue weighted by molar-refractivity contribution is 5.68. The van der Waals surface area contributed by atoms with Gasteiger partial charge in [0.15, 0.2) is 0 Å². The van der Waals surface area contributed by atoms with Crippen LogP contribution in [-0.2, 0) is 0 Å². The van der Waals surface area contributed by atoms with Gasteiger partial charge in [-0.05, 0) is 50.6 Å². The molecule has 0 saturated heterocycles. The number of aromatic nitrogens is 1. The Balaban J connectivity index is 2.38. The second-order valence-corrected chi connectivity index (χ2v) is 4.56. The number of hydrogen-bond donors (Lipinski definition) is 1. The molecule has 2 aromatic rings. The van der Waals surface area contributed by atoms with Crippen molar-refractivity contribution < 1.29 is 4.74 Å². The first-order valence-corrected chi connectivity index (χ1v) is 6.06. The Bertz CT molecular complexity index is 550. The summed E-state index contributed by atoms with van der Waals surface area (Å²) in [7, 11) is 0. The van der Waals surface area contributed by atoms with Crippen molar-refractivity contribution in [3.05, 3.63) is 42.1 Å². The van der Waals surface area contributed by atoms with Crippen LogP contribution in [-0.4, -0.2) is 11.1 Å². The minimum Gasteiger partial charge on any atom is -0.491 e. The van der Waals surface area contributed by atoms with Crippen molar-refractivity contribution in [2.75, 3.05) is 5.73 Å². The normalized spacial score (nSPS) is 10.7. The van der Waals surface area contributed by atoms with Gasteiger partial charge < -0.3 is 10.5 Å². The van der Waals surface area contributed by atoms with Crippen LogP contribution in [0, 0.1) is 6.92 Å². The summed E-state index contributed by atoms with van der Waals surface area (Å²) < 4.78 is 5.69. The summed E-state index contributed by atoms with van der Waals surface area (Å²) in [4.78, 5) is 4.28. The molecular formula is C15H18N2O. The maximum Gasteiger partial charge on any atom is 0.123 e. The van der Waals surface area contributed by atoms with Crippen LogP contribution >= 0.6 is 0 Å². The standard InChI is InChI=1S/C15H18N2O/c1-10(2)18-13-6-4-5-12(9-13)14-7-8-15(16)17-11(14)3/h4-10H,1-3H3,(H2,16,17). The Morgan fingerprint density at radius 1 is 1.17 bits per heavy atom. The molecule has 0 bridgehead atoms. The number of ether oxygens (including phenoxy) is 1. The fraction of sp³-hybridized carbons (Fsp3) is 0.267. The lowest BCUT2D eigenvalue weighted by atomic mass is 10.0. The van der Waals surface area contributed by atoms with E-state index in [0.29, 0.717) is 5.82 Å². The molecule has 0 saturated carbocycles. The molecule has 94 valence electrons. The van der Waals surface area contributed by atoms with Crippen molar-refractivity contribution >= 4 is 5.82 Å². The Hall–Kier alpha value is -2.03. The summed E-state index contributed by atoms with van der Waals surface area (Å²) in [6.07, 6.45) is 0.172. The molecular weight excluding hydrogens is 224 g/mol. The summed E-state index contributed by atoms with van der Waals surface area (Å²) >= 11 is 0. The zero-order valence-corrected chi connectivity index (χ0v) is 11.0. The van der Waals surface area contributed by atoms with Crippen molar-refractivity contribution in [2.24, 2.45) is 0 Å². The lowest BCUT2D eigenvalue weighted by Gasteiger charge is -2.12. The van der Waals surface area contributed by atoms with Gasteiger partial charge in [-0.25, -0.2) is 4.98 Å². The van der Waals surface area contributed by atoms with Crippen molar-refractivity contribution in [1.82, 2.24) is 4.98 Å². The topological polar surface area (TPSA) is 48.1 Å². The largest absolute Gasteiger partial charge is 0.491 e. The molecule has 0 spiro atoms. The number of pyridine rings is 1. The van der Waals surface area contributed by atoms with Gasteiger partial charge in [-0.3, -0.25) is 0 Å². The molecule has 0 fully saturated rings. The summed E-state index contributed by atoms with van der Waals surface area (Å²) in [5, 5.41) is 0. The lowest BCUT2D eigenvalue weighted by Crippen LogP contribution is -2.05. The van der Waals surface area contributed by atoms with E-state index < -0.39 is 0 Å². The molecule has 3 heteroatoms. The van der Waals surface area contributed by atoms with E-state index in [1.54, 1.807) is 0 Å². The molecule has 0 aliphatic carbocycles. The molecule has 18 heavy (non-hydrogen) atoms. The van der Waals surface area contributed by atoms with Crippen LogP contribution < -0.4 is 10.5 Å². The fourth-order valence-electron chi connectivity index (χ4n) is 1.89. The SMILES string of the molecule is Cc1nc(N)ccc1-c1cccc(OC(C)C)c1. The molecule has 1 heterocycles. The molecule has 0 atom stereocenters. The predicted molar refractivity (Wildman–Crippen MR) is 74.6 cm³/mol. The number of rotatable bonds is 3. The van der Waals surface area contributed by atoms with E-state index >= 15 is 0 Å². The molecule has 0 aliphatic heterocycles. The number of nitrogens with zero attached hydrogens (tertiary/aromatic N) is 1. The van der Waals surface area contributed by atoms with Crippen LogP contribution in [0.4, 0.5) is 5.82 Å². The molecule has 2 rings (SSSR count). The van der Waals surface area contributed by atoms with Gasteiger partial charge in [-0.2, -0.15) is 0 Å². The zero-order valence-electron chi connectivity index (χ0n) is 11.0. The Morgan fingerprint density at radius 2 is 1.94 bits per heavy atom. The van der Waals surface area contributed by atoms with Crippen LogP contribution in [0.15, 0.2) is 36.4 Å². The number of anilines is 1. The first kappa shape index (κ1) is 12.4. The molecule has 0 radical (unpaired) electrons. The van der Waals surface area contributed by atoms with Gasteiger partial charge in [0, 0.05) is 11.3 Å².